The molecule has 1 heterocycles. The van der Waals surface area contributed by atoms with Crippen LogP contribution in [0.1, 0.15) is 11.3 Å². The van der Waals surface area contributed by atoms with E-state index in [1.165, 1.54) is 0 Å². The molecule has 5 heteroatoms. The summed E-state index contributed by atoms with van der Waals surface area (Å²) in [6.45, 7) is 2.45. The average molecular weight is 244 g/mol. The number of anilines is 1. The van der Waals surface area contributed by atoms with Gasteiger partial charge >= 0.3 is 0 Å². The monoisotopic (exact) mass is 244 g/mol. The summed E-state index contributed by atoms with van der Waals surface area (Å²) in [4.78, 5) is 7.97. The number of aryl methyl sites for hydroxylation is 1. The fourth-order valence-corrected chi connectivity index (χ4v) is 1.63. The van der Waals surface area contributed by atoms with Crippen LogP contribution in [0, 0.1) is 6.92 Å². The van der Waals surface area contributed by atoms with E-state index >= 15 is 0 Å². The molecule has 0 saturated carbocycles. The highest BCUT2D eigenvalue weighted by molar-refractivity contribution is 5.36. The van der Waals surface area contributed by atoms with Gasteiger partial charge in [-0.2, -0.15) is 0 Å². The number of nitrogens with two attached hydrogens (primary N) is 2. The molecule has 0 aliphatic heterocycles. The Labute approximate surface area is 106 Å². The van der Waals surface area contributed by atoms with Gasteiger partial charge in [0.1, 0.15) is 5.75 Å². The van der Waals surface area contributed by atoms with E-state index in [9.17, 15) is 0 Å². The first-order valence-corrected chi connectivity index (χ1v) is 5.75. The Morgan fingerprint density at radius 2 is 2.17 bits per heavy atom. The molecule has 2 aromatic rings. The molecule has 18 heavy (non-hydrogen) atoms. The smallest absolute Gasteiger partial charge is 0.220 e. The van der Waals surface area contributed by atoms with Gasteiger partial charge in [-0.1, -0.05) is 12.1 Å². The van der Waals surface area contributed by atoms with Crippen LogP contribution in [-0.4, -0.2) is 16.5 Å². The number of aromatic nitrogens is 2. The number of nitrogen functional groups attached to an aromatic ring is 1. The van der Waals surface area contributed by atoms with Gasteiger partial charge in [0.15, 0.2) is 5.75 Å². The highest BCUT2D eigenvalue weighted by atomic mass is 16.5. The summed E-state index contributed by atoms with van der Waals surface area (Å²) in [6, 6.07) is 7.80. The summed E-state index contributed by atoms with van der Waals surface area (Å²) >= 11 is 0. The summed E-state index contributed by atoms with van der Waals surface area (Å²) in [5.74, 6) is 1.60. The van der Waals surface area contributed by atoms with E-state index in [2.05, 4.69) is 9.97 Å². The maximum Gasteiger partial charge on any atom is 0.220 e. The Morgan fingerprint density at radius 1 is 1.33 bits per heavy atom. The van der Waals surface area contributed by atoms with Gasteiger partial charge in [0.2, 0.25) is 5.95 Å². The fraction of sp³-hybridized carbons (Fsp3) is 0.231. The van der Waals surface area contributed by atoms with Crippen LogP contribution in [0.4, 0.5) is 5.95 Å². The Bertz CT molecular complexity index is 542. The highest BCUT2D eigenvalue weighted by Gasteiger charge is 2.04. The first-order valence-electron chi connectivity index (χ1n) is 5.75. The number of hydrogen-bond acceptors (Lipinski definition) is 5. The molecule has 0 bridgehead atoms. The first kappa shape index (κ1) is 12.3. The Morgan fingerprint density at radius 3 is 2.89 bits per heavy atom. The van der Waals surface area contributed by atoms with Gasteiger partial charge < -0.3 is 16.2 Å². The van der Waals surface area contributed by atoms with Gasteiger partial charge in [-0.05, 0) is 37.6 Å². The van der Waals surface area contributed by atoms with Crippen molar-refractivity contribution in [3.63, 3.8) is 0 Å². The van der Waals surface area contributed by atoms with Gasteiger partial charge in [-0.15, -0.1) is 0 Å². The normalized spacial score (nSPS) is 10.3. The van der Waals surface area contributed by atoms with Crippen LogP contribution >= 0.6 is 0 Å². The predicted octanol–water partition coefficient (Wildman–Crippen LogP) is 1.66. The molecule has 94 valence electrons. The third kappa shape index (κ3) is 2.95. The van der Waals surface area contributed by atoms with Crippen LogP contribution in [0.5, 0.6) is 11.5 Å². The van der Waals surface area contributed by atoms with Crippen LogP contribution < -0.4 is 16.2 Å². The Hall–Kier alpha value is -2.14. The van der Waals surface area contributed by atoms with Gasteiger partial charge in [0.25, 0.3) is 0 Å². The minimum Gasteiger partial charge on any atom is -0.454 e. The SMILES string of the molecule is Cc1nc(N)ncc1Oc1cccc(CCN)c1. The standard InChI is InChI=1S/C13H16N4O/c1-9-12(8-16-13(15)17-9)18-11-4-2-3-10(7-11)5-6-14/h2-4,7-8H,5-6,14H2,1H3,(H2,15,16,17). The molecule has 0 saturated heterocycles. The zero-order chi connectivity index (χ0) is 13.0. The molecule has 1 aromatic carbocycles. The van der Waals surface area contributed by atoms with Gasteiger partial charge in [-0.3, -0.25) is 0 Å². The van der Waals surface area contributed by atoms with Crippen LogP contribution in [0.25, 0.3) is 0 Å². The second-order valence-electron chi connectivity index (χ2n) is 3.97. The minimum absolute atomic E-state index is 0.247. The molecule has 0 amide bonds. The number of hydrogen-bond donors (Lipinski definition) is 2. The van der Waals surface area contributed by atoms with Crippen LogP contribution in [0.3, 0.4) is 0 Å². The summed E-state index contributed by atoms with van der Waals surface area (Å²) < 4.78 is 5.73. The zero-order valence-electron chi connectivity index (χ0n) is 10.3. The van der Waals surface area contributed by atoms with Crippen LogP contribution in [0.15, 0.2) is 30.5 Å². The van der Waals surface area contributed by atoms with E-state index in [1.54, 1.807) is 6.20 Å². The quantitative estimate of drug-likeness (QED) is 0.854. The van der Waals surface area contributed by atoms with Crippen molar-refractivity contribution >= 4 is 5.95 Å². The van der Waals surface area contributed by atoms with Crippen molar-refractivity contribution in [2.45, 2.75) is 13.3 Å². The van der Waals surface area contributed by atoms with Gasteiger partial charge in [0.05, 0.1) is 11.9 Å². The number of benzene rings is 1. The molecule has 4 N–H and O–H groups in total. The molecular formula is C13H16N4O. The van der Waals surface area contributed by atoms with Crippen LogP contribution in [-0.2, 0) is 6.42 Å². The van der Waals surface area contributed by atoms with E-state index in [4.69, 9.17) is 16.2 Å². The van der Waals surface area contributed by atoms with Crippen molar-refractivity contribution in [1.29, 1.82) is 0 Å². The lowest BCUT2D eigenvalue weighted by Gasteiger charge is -2.09. The van der Waals surface area contributed by atoms with E-state index < -0.39 is 0 Å². The predicted molar refractivity (Wildman–Crippen MR) is 70.5 cm³/mol. The summed E-state index contributed by atoms with van der Waals surface area (Å²) in [5.41, 5.74) is 12.9. The third-order valence-corrected chi connectivity index (χ3v) is 2.51. The Kier molecular flexibility index (Phi) is 3.74. The van der Waals surface area contributed by atoms with E-state index in [1.807, 2.05) is 31.2 Å². The maximum atomic E-state index is 5.73. The molecule has 5 nitrogen and oxygen atoms in total. The van der Waals surface area contributed by atoms with E-state index in [0.717, 1.165) is 17.7 Å². The molecule has 0 aliphatic carbocycles. The van der Waals surface area contributed by atoms with Crippen molar-refractivity contribution in [3.05, 3.63) is 41.7 Å². The number of nitrogens with zero attached hydrogens (tertiary/aromatic N) is 2. The molecular weight excluding hydrogens is 228 g/mol. The topological polar surface area (TPSA) is 87.0 Å². The van der Waals surface area contributed by atoms with Crippen molar-refractivity contribution in [2.24, 2.45) is 5.73 Å². The van der Waals surface area contributed by atoms with Crippen molar-refractivity contribution < 1.29 is 4.74 Å². The highest BCUT2D eigenvalue weighted by Crippen LogP contribution is 2.24. The van der Waals surface area contributed by atoms with Gasteiger partial charge in [-0.25, -0.2) is 9.97 Å². The lowest BCUT2D eigenvalue weighted by molar-refractivity contribution is 0.472. The lowest BCUT2D eigenvalue weighted by atomic mass is 10.1. The first-order chi connectivity index (χ1) is 8.69. The molecule has 0 atom stereocenters. The second-order valence-corrected chi connectivity index (χ2v) is 3.97. The third-order valence-electron chi connectivity index (χ3n) is 2.51. The van der Waals surface area contributed by atoms with Crippen molar-refractivity contribution in [3.8, 4) is 11.5 Å². The zero-order valence-corrected chi connectivity index (χ0v) is 10.3. The summed E-state index contributed by atoms with van der Waals surface area (Å²) in [5, 5.41) is 0. The molecule has 0 aliphatic rings. The lowest BCUT2D eigenvalue weighted by Crippen LogP contribution is -2.02. The molecule has 1 aromatic heterocycles. The molecule has 0 spiro atoms. The molecule has 2 rings (SSSR count). The van der Waals surface area contributed by atoms with Crippen molar-refractivity contribution in [1.82, 2.24) is 9.97 Å². The fourth-order valence-electron chi connectivity index (χ4n) is 1.63. The number of ether oxygens (including phenoxy) is 1. The largest absolute Gasteiger partial charge is 0.454 e. The average Bonchev–Trinajstić information content (AvgIpc) is 2.34. The molecule has 0 unspecified atom stereocenters. The van der Waals surface area contributed by atoms with Gasteiger partial charge in [0, 0.05) is 0 Å². The minimum atomic E-state index is 0.247. The molecule has 0 radical (unpaired) electrons. The summed E-state index contributed by atoms with van der Waals surface area (Å²) in [6.07, 6.45) is 2.40. The second kappa shape index (κ2) is 5.46. The summed E-state index contributed by atoms with van der Waals surface area (Å²) in [7, 11) is 0. The van der Waals surface area contributed by atoms with E-state index in [-0.39, 0.29) is 5.95 Å². The van der Waals surface area contributed by atoms with Crippen LogP contribution in [0.2, 0.25) is 0 Å². The van der Waals surface area contributed by atoms with E-state index in [0.29, 0.717) is 18.0 Å². The van der Waals surface area contributed by atoms with Crippen molar-refractivity contribution in [2.75, 3.05) is 12.3 Å². The molecule has 0 fully saturated rings. The maximum absolute atomic E-state index is 5.73. The Balaban J connectivity index is 2.20. The number of rotatable bonds is 4.